The van der Waals surface area contributed by atoms with E-state index in [0.717, 1.165) is 11.3 Å². The van der Waals surface area contributed by atoms with Gasteiger partial charge < -0.3 is 19.0 Å². The number of hydrogen-bond donors (Lipinski definition) is 1. The standard InChI is InChI=1S/C23H18O6/c24-22(25)20-12-16-9-10-18(13-21(16)29-23(20)26)27-14-15-5-4-8-19(11-15)28-17-6-2-1-3-7-17/h1-10,12-13,19H,11,14H2,(H,24,25). The molecule has 0 aliphatic heterocycles. The normalized spacial score (nSPS) is 15.7. The van der Waals surface area contributed by atoms with Crippen molar-refractivity contribution in [3.8, 4) is 11.5 Å². The van der Waals surface area contributed by atoms with E-state index in [9.17, 15) is 9.59 Å². The third-order valence-corrected chi connectivity index (χ3v) is 4.51. The largest absolute Gasteiger partial charge is 0.489 e. The maximum absolute atomic E-state index is 11.8. The molecule has 0 radical (unpaired) electrons. The van der Waals surface area contributed by atoms with Crippen LogP contribution >= 0.6 is 0 Å². The molecule has 1 aliphatic rings. The highest BCUT2D eigenvalue weighted by atomic mass is 16.5. The fourth-order valence-corrected chi connectivity index (χ4v) is 3.08. The third kappa shape index (κ3) is 4.38. The molecule has 1 atom stereocenters. The Morgan fingerprint density at radius 3 is 2.72 bits per heavy atom. The summed E-state index contributed by atoms with van der Waals surface area (Å²) in [6.45, 7) is 0.363. The van der Waals surface area contributed by atoms with Crippen LogP contribution in [0.15, 0.2) is 87.6 Å². The lowest BCUT2D eigenvalue weighted by molar-refractivity contribution is 0.0692. The zero-order chi connectivity index (χ0) is 20.2. The maximum Gasteiger partial charge on any atom is 0.351 e. The molecule has 0 bridgehead atoms. The number of ether oxygens (including phenoxy) is 2. The number of para-hydroxylation sites is 1. The molecule has 1 heterocycles. The molecular weight excluding hydrogens is 372 g/mol. The summed E-state index contributed by atoms with van der Waals surface area (Å²) in [6, 6.07) is 15.9. The van der Waals surface area contributed by atoms with Gasteiger partial charge in [-0.2, -0.15) is 0 Å². The molecule has 29 heavy (non-hydrogen) atoms. The Kier molecular flexibility index (Phi) is 5.16. The fraction of sp³-hybridized carbons (Fsp3) is 0.130. The first kappa shape index (κ1) is 18.6. The van der Waals surface area contributed by atoms with Crippen molar-refractivity contribution >= 4 is 16.9 Å². The molecule has 6 heteroatoms. The molecule has 1 N–H and O–H groups in total. The second kappa shape index (κ2) is 8.06. The quantitative estimate of drug-likeness (QED) is 0.635. The second-order valence-corrected chi connectivity index (χ2v) is 6.62. The van der Waals surface area contributed by atoms with Crippen LogP contribution in [0.5, 0.6) is 11.5 Å². The van der Waals surface area contributed by atoms with Crippen molar-refractivity contribution in [3.05, 3.63) is 94.4 Å². The number of allylic oxidation sites excluding steroid dienone is 2. The Morgan fingerprint density at radius 2 is 1.93 bits per heavy atom. The van der Waals surface area contributed by atoms with Crippen LogP contribution in [-0.2, 0) is 0 Å². The molecule has 6 nitrogen and oxygen atoms in total. The highest BCUT2D eigenvalue weighted by molar-refractivity contribution is 5.91. The van der Waals surface area contributed by atoms with E-state index in [1.54, 1.807) is 18.2 Å². The Hall–Kier alpha value is -3.80. The molecule has 3 aromatic rings. The number of hydrogen-bond acceptors (Lipinski definition) is 5. The first-order valence-corrected chi connectivity index (χ1v) is 9.10. The Bertz CT molecular complexity index is 1160. The summed E-state index contributed by atoms with van der Waals surface area (Å²) < 4.78 is 16.9. The van der Waals surface area contributed by atoms with Gasteiger partial charge in [0.2, 0.25) is 0 Å². The number of rotatable bonds is 6. The number of carbonyl (C=O) groups is 1. The Balaban J connectivity index is 1.42. The lowest BCUT2D eigenvalue weighted by atomic mass is 10.0. The molecule has 1 unspecified atom stereocenters. The van der Waals surface area contributed by atoms with Gasteiger partial charge in [-0.1, -0.05) is 30.4 Å². The van der Waals surface area contributed by atoms with Crippen LogP contribution in [0.25, 0.3) is 11.0 Å². The number of carboxylic acids is 1. The number of carboxylic acid groups (broad SMARTS) is 1. The summed E-state index contributed by atoms with van der Waals surface area (Å²) in [5.41, 5.74) is 0.0643. The maximum atomic E-state index is 11.8. The molecule has 2 aromatic carbocycles. The van der Waals surface area contributed by atoms with Gasteiger partial charge in [0.05, 0.1) is 0 Å². The van der Waals surface area contributed by atoms with Gasteiger partial charge in [-0.25, -0.2) is 9.59 Å². The van der Waals surface area contributed by atoms with E-state index >= 15 is 0 Å². The molecule has 0 saturated heterocycles. The highest BCUT2D eigenvalue weighted by Gasteiger charge is 2.15. The zero-order valence-corrected chi connectivity index (χ0v) is 15.4. The fourth-order valence-electron chi connectivity index (χ4n) is 3.08. The zero-order valence-electron chi connectivity index (χ0n) is 15.4. The molecular formula is C23H18O6. The van der Waals surface area contributed by atoms with Crippen molar-refractivity contribution in [1.82, 2.24) is 0 Å². The van der Waals surface area contributed by atoms with Gasteiger partial charge in [-0.15, -0.1) is 0 Å². The van der Waals surface area contributed by atoms with Crippen LogP contribution in [0.3, 0.4) is 0 Å². The molecule has 0 spiro atoms. The topological polar surface area (TPSA) is 86.0 Å². The van der Waals surface area contributed by atoms with E-state index in [2.05, 4.69) is 0 Å². The summed E-state index contributed by atoms with van der Waals surface area (Å²) in [5, 5.41) is 9.53. The van der Waals surface area contributed by atoms with Crippen LogP contribution < -0.4 is 15.1 Å². The van der Waals surface area contributed by atoms with Crippen molar-refractivity contribution in [1.29, 1.82) is 0 Å². The van der Waals surface area contributed by atoms with E-state index < -0.39 is 17.2 Å². The predicted octanol–water partition coefficient (Wildman–Crippen LogP) is 4.20. The number of benzene rings is 2. The van der Waals surface area contributed by atoms with E-state index in [-0.39, 0.29) is 11.7 Å². The summed E-state index contributed by atoms with van der Waals surface area (Å²) in [5.74, 6) is 0.0276. The molecule has 0 saturated carbocycles. The van der Waals surface area contributed by atoms with Gasteiger partial charge in [-0.05, 0) is 42.0 Å². The summed E-state index contributed by atoms with van der Waals surface area (Å²) >= 11 is 0. The number of aromatic carboxylic acids is 1. The molecule has 146 valence electrons. The number of fused-ring (bicyclic) bond motifs is 1. The minimum absolute atomic E-state index is 0.0648. The third-order valence-electron chi connectivity index (χ3n) is 4.51. The van der Waals surface area contributed by atoms with Gasteiger partial charge in [0, 0.05) is 17.9 Å². The minimum Gasteiger partial charge on any atom is -0.489 e. The molecule has 0 amide bonds. The molecule has 4 rings (SSSR count). The molecule has 1 aliphatic carbocycles. The lowest BCUT2D eigenvalue weighted by Gasteiger charge is -2.20. The van der Waals surface area contributed by atoms with Crippen molar-refractivity contribution in [2.45, 2.75) is 12.5 Å². The van der Waals surface area contributed by atoms with Crippen LogP contribution in [-0.4, -0.2) is 23.8 Å². The first-order valence-electron chi connectivity index (χ1n) is 9.10. The minimum atomic E-state index is -1.31. The SMILES string of the molecule is O=C(O)c1cc2ccc(OCC3=CC=CC(Oc4ccccc4)C3)cc2oc1=O. The van der Waals surface area contributed by atoms with Crippen LogP contribution in [0.4, 0.5) is 0 Å². The molecule has 1 aromatic heterocycles. The van der Waals surface area contributed by atoms with Gasteiger partial charge in [0.25, 0.3) is 0 Å². The van der Waals surface area contributed by atoms with Crippen molar-refractivity contribution < 1.29 is 23.8 Å². The Labute approximate surface area is 166 Å². The van der Waals surface area contributed by atoms with Gasteiger partial charge in [-0.3, -0.25) is 0 Å². The van der Waals surface area contributed by atoms with Gasteiger partial charge >= 0.3 is 11.6 Å². The monoisotopic (exact) mass is 390 g/mol. The average molecular weight is 390 g/mol. The summed E-state index contributed by atoms with van der Waals surface area (Å²) in [4.78, 5) is 22.8. The van der Waals surface area contributed by atoms with E-state index in [0.29, 0.717) is 24.2 Å². The summed E-state index contributed by atoms with van der Waals surface area (Å²) in [7, 11) is 0. The van der Waals surface area contributed by atoms with E-state index in [1.165, 1.54) is 6.07 Å². The van der Waals surface area contributed by atoms with Crippen molar-refractivity contribution in [2.75, 3.05) is 6.61 Å². The van der Waals surface area contributed by atoms with E-state index in [1.807, 2.05) is 48.6 Å². The smallest absolute Gasteiger partial charge is 0.351 e. The molecule has 0 fully saturated rings. The highest BCUT2D eigenvalue weighted by Crippen LogP contribution is 2.23. The first-order chi connectivity index (χ1) is 14.1. The predicted molar refractivity (Wildman–Crippen MR) is 108 cm³/mol. The van der Waals surface area contributed by atoms with Crippen molar-refractivity contribution in [3.63, 3.8) is 0 Å². The van der Waals surface area contributed by atoms with E-state index in [4.69, 9.17) is 19.0 Å². The second-order valence-electron chi connectivity index (χ2n) is 6.62. The lowest BCUT2D eigenvalue weighted by Crippen LogP contribution is -2.18. The summed E-state index contributed by atoms with van der Waals surface area (Å²) in [6.07, 6.45) is 6.58. The van der Waals surface area contributed by atoms with Gasteiger partial charge in [0.15, 0.2) is 0 Å². The Morgan fingerprint density at radius 1 is 1.10 bits per heavy atom. The van der Waals surface area contributed by atoms with Gasteiger partial charge in [0.1, 0.15) is 35.4 Å². The van der Waals surface area contributed by atoms with Crippen LogP contribution in [0, 0.1) is 0 Å². The average Bonchev–Trinajstić information content (AvgIpc) is 2.72. The van der Waals surface area contributed by atoms with Crippen molar-refractivity contribution in [2.24, 2.45) is 0 Å². The van der Waals surface area contributed by atoms with Crippen LogP contribution in [0.1, 0.15) is 16.8 Å². The van der Waals surface area contributed by atoms with Crippen LogP contribution in [0.2, 0.25) is 0 Å².